The average molecular weight is 289 g/mol. The normalized spacial score (nSPS) is 10.1. The van der Waals surface area contributed by atoms with Crippen molar-refractivity contribution in [2.45, 2.75) is 13.5 Å². The number of amides is 1. The standard InChI is InChI=1S/C14H15N3O4/c1-2-21-12-6-5-10(8-15-12)16-14(20)11-4-3-7-17(11)9-13(18)19/h3-8H,2,9H2,1H3,(H,16,20)(H,18,19). The number of carbonyl (C=O) groups excluding carboxylic acids is 1. The van der Waals surface area contributed by atoms with E-state index in [9.17, 15) is 9.59 Å². The van der Waals surface area contributed by atoms with Gasteiger partial charge in [-0.15, -0.1) is 0 Å². The molecule has 2 aromatic rings. The van der Waals surface area contributed by atoms with E-state index >= 15 is 0 Å². The van der Waals surface area contributed by atoms with Crippen molar-refractivity contribution in [1.82, 2.24) is 9.55 Å². The number of hydrogen-bond acceptors (Lipinski definition) is 4. The Balaban J connectivity index is 2.07. The number of carbonyl (C=O) groups is 2. The molecule has 2 rings (SSSR count). The fraction of sp³-hybridized carbons (Fsp3) is 0.214. The SMILES string of the molecule is CCOc1ccc(NC(=O)c2cccn2CC(=O)O)cn1. The molecule has 0 radical (unpaired) electrons. The van der Waals surface area contributed by atoms with Crippen molar-refractivity contribution in [3.05, 3.63) is 42.4 Å². The Hall–Kier alpha value is -2.83. The molecule has 0 aliphatic carbocycles. The highest BCUT2D eigenvalue weighted by molar-refractivity contribution is 6.03. The number of anilines is 1. The van der Waals surface area contributed by atoms with Crippen LogP contribution >= 0.6 is 0 Å². The molecule has 0 atom stereocenters. The molecule has 2 aromatic heterocycles. The fourth-order valence-electron chi connectivity index (χ4n) is 1.79. The van der Waals surface area contributed by atoms with Crippen molar-refractivity contribution >= 4 is 17.6 Å². The summed E-state index contributed by atoms with van der Waals surface area (Å²) in [7, 11) is 0. The van der Waals surface area contributed by atoms with Crippen LogP contribution < -0.4 is 10.1 Å². The molecule has 0 fully saturated rings. The van der Waals surface area contributed by atoms with Crippen LogP contribution in [0.2, 0.25) is 0 Å². The number of aromatic nitrogens is 2. The van der Waals surface area contributed by atoms with E-state index in [4.69, 9.17) is 9.84 Å². The van der Waals surface area contributed by atoms with Gasteiger partial charge in [-0.3, -0.25) is 9.59 Å². The summed E-state index contributed by atoms with van der Waals surface area (Å²) < 4.78 is 6.57. The second-order valence-electron chi connectivity index (χ2n) is 4.19. The Labute approximate surface area is 121 Å². The summed E-state index contributed by atoms with van der Waals surface area (Å²) in [5.41, 5.74) is 0.776. The van der Waals surface area contributed by atoms with Crippen LogP contribution in [0.15, 0.2) is 36.7 Å². The Morgan fingerprint density at radius 1 is 1.38 bits per heavy atom. The summed E-state index contributed by atoms with van der Waals surface area (Å²) in [5.74, 6) is -0.931. The third-order valence-electron chi connectivity index (χ3n) is 2.65. The third kappa shape index (κ3) is 3.82. The summed E-state index contributed by atoms with van der Waals surface area (Å²) in [6, 6.07) is 6.49. The van der Waals surface area contributed by atoms with Crippen LogP contribution in [0.5, 0.6) is 5.88 Å². The second kappa shape index (κ2) is 6.56. The van der Waals surface area contributed by atoms with E-state index in [-0.39, 0.29) is 12.2 Å². The number of nitrogens with one attached hydrogen (secondary N) is 1. The largest absolute Gasteiger partial charge is 0.480 e. The van der Waals surface area contributed by atoms with Crippen LogP contribution in [-0.2, 0) is 11.3 Å². The molecule has 110 valence electrons. The third-order valence-corrected chi connectivity index (χ3v) is 2.65. The number of ether oxygens (including phenoxy) is 1. The van der Waals surface area contributed by atoms with Gasteiger partial charge in [0.05, 0.1) is 18.5 Å². The number of aliphatic carboxylic acids is 1. The monoisotopic (exact) mass is 289 g/mol. The molecule has 0 aliphatic rings. The summed E-state index contributed by atoms with van der Waals surface area (Å²) in [5, 5.41) is 11.4. The van der Waals surface area contributed by atoms with Gasteiger partial charge in [0.1, 0.15) is 12.2 Å². The number of nitrogens with zero attached hydrogens (tertiary/aromatic N) is 2. The zero-order valence-electron chi connectivity index (χ0n) is 11.4. The first-order chi connectivity index (χ1) is 10.1. The molecule has 0 aromatic carbocycles. The fourth-order valence-corrected chi connectivity index (χ4v) is 1.79. The van der Waals surface area contributed by atoms with Crippen molar-refractivity contribution in [3.8, 4) is 5.88 Å². The molecule has 7 heteroatoms. The van der Waals surface area contributed by atoms with E-state index < -0.39 is 11.9 Å². The minimum absolute atomic E-state index is 0.267. The minimum atomic E-state index is -1.01. The smallest absolute Gasteiger partial charge is 0.323 e. The molecule has 2 heterocycles. The van der Waals surface area contributed by atoms with Gasteiger partial charge < -0.3 is 19.7 Å². The molecule has 0 aliphatic heterocycles. The Kier molecular flexibility index (Phi) is 4.55. The lowest BCUT2D eigenvalue weighted by atomic mass is 10.3. The molecule has 1 amide bonds. The van der Waals surface area contributed by atoms with E-state index in [0.29, 0.717) is 18.2 Å². The first-order valence-electron chi connectivity index (χ1n) is 6.37. The molecule has 0 unspecified atom stereocenters. The van der Waals surface area contributed by atoms with E-state index in [1.54, 1.807) is 30.5 Å². The van der Waals surface area contributed by atoms with Gasteiger partial charge in [-0.05, 0) is 25.1 Å². The van der Waals surface area contributed by atoms with Crippen molar-refractivity contribution in [3.63, 3.8) is 0 Å². The lowest BCUT2D eigenvalue weighted by Crippen LogP contribution is -2.19. The summed E-state index contributed by atoms with van der Waals surface area (Å²) >= 11 is 0. The van der Waals surface area contributed by atoms with Crippen LogP contribution in [0.4, 0.5) is 5.69 Å². The molecule has 2 N–H and O–H groups in total. The predicted octanol–water partition coefficient (Wildman–Crippen LogP) is 1.62. The summed E-state index contributed by atoms with van der Waals surface area (Å²) in [4.78, 5) is 26.9. The molecule has 0 bridgehead atoms. The van der Waals surface area contributed by atoms with Crippen LogP contribution in [0, 0.1) is 0 Å². The topological polar surface area (TPSA) is 93.5 Å². The van der Waals surface area contributed by atoms with Crippen molar-refractivity contribution in [2.24, 2.45) is 0 Å². The predicted molar refractivity (Wildman–Crippen MR) is 75.4 cm³/mol. The maximum Gasteiger partial charge on any atom is 0.323 e. The average Bonchev–Trinajstić information content (AvgIpc) is 2.88. The first-order valence-corrected chi connectivity index (χ1v) is 6.37. The van der Waals surface area contributed by atoms with Gasteiger partial charge in [-0.25, -0.2) is 4.98 Å². The number of carboxylic acids is 1. The first kappa shape index (κ1) is 14.6. The zero-order chi connectivity index (χ0) is 15.2. The highest BCUT2D eigenvalue weighted by atomic mass is 16.5. The van der Waals surface area contributed by atoms with Crippen LogP contribution in [0.3, 0.4) is 0 Å². The van der Waals surface area contributed by atoms with Gasteiger partial charge in [0.2, 0.25) is 5.88 Å². The maximum atomic E-state index is 12.1. The molecule has 7 nitrogen and oxygen atoms in total. The molecular weight excluding hydrogens is 274 g/mol. The van der Waals surface area contributed by atoms with Gasteiger partial charge >= 0.3 is 5.97 Å². The molecule has 21 heavy (non-hydrogen) atoms. The van der Waals surface area contributed by atoms with E-state index in [1.807, 2.05) is 6.92 Å². The zero-order valence-corrected chi connectivity index (χ0v) is 11.4. The Morgan fingerprint density at radius 2 is 2.19 bits per heavy atom. The molecule has 0 spiro atoms. The van der Waals surface area contributed by atoms with Crippen LogP contribution in [-0.4, -0.2) is 33.1 Å². The quantitative estimate of drug-likeness (QED) is 0.842. The highest BCUT2D eigenvalue weighted by Gasteiger charge is 2.13. The van der Waals surface area contributed by atoms with Crippen LogP contribution in [0.25, 0.3) is 0 Å². The second-order valence-corrected chi connectivity index (χ2v) is 4.19. The van der Waals surface area contributed by atoms with Gasteiger partial charge in [0.15, 0.2) is 0 Å². The number of pyridine rings is 1. The Morgan fingerprint density at radius 3 is 2.81 bits per heavy atom. The van der Waals surface area contributed by atoms with E-state index in [2.05, 4.69) is 10.3 Å². The number of hydrogen-bond donors (Lipinski definition) is 2. The van der Waals surface area contributed by atoms with Gasteiger partial charge in [-0.2, -0.15) is 0 Å². The minimum Gasteiger partial charge on any atom is -0.480 e. The summed E-state index contributed by atoms with van der Waals surface area (Å²) in [6.07, 6.45) is 3.02. The van der Waals surface area contributed by atoms with Crippen LogP contribution in [0.1, 0.15) is 17.4 Å². The van der Waals surface area contributed by atoms with Gasteiger partial charge in [-0.1, -0.05) is 0 Å². The molecule has 0 saturated carbocycles. The maximum absolute atomic E-state index is 12.1. The lowest BCUT2D eigenvalue weighted by Gasteiger charge is -2.08. The van der Waals surface area contributed by atoms with Crippen molar-refractivity contribution in [1.29, 1.82) is 0 Å². The van der Waals surface area contributed by atoms with Crippen molar-refractivity contribution < 1.29 is 19.4 Å². The number of rotatable bonds is 6. The molecule has 0 saturated heterocycles. The lowest BCUT2D eigenvalue weighted by molar-refractivity contribution is -0.137. The van der Waals surface area contributed by atoms with E-state index in [1.165, 1.54) is 10.8 Å². The van der Waals surface area contributed by atoms with Crippen molar-refractivity contribution in [2.75, 3.05) is 11.9 Å². The summed E-state index contributed by atoms with van der Waals surface area (Å²) in [6.45, 7) is 2.10. The molecular formula is C14H15N3O4. The Bertz CT molecular complexity index is 634. The highest BCUT2D eigenvalue weighted by Crippen LogP contribution is 2.13. The number of carboxylic acid groups (broad SMARTS) is 1. The van der Waals surface area contributed by atoms with Gasteiger partial charge in [0.25, 0.3) is 5.91 Å². The van der Waals surface area contributed by atoms with Gasteiger partial charge in [0, 0.05) is 12.3 Å². The van der Waals surface area contributed by atoms with E-state index in [0.717, 1.165) is 0 Å².